The Kier molecular flexibility index (Phi) is 53.2. The minimum Gasteiger partial charge on any atom is -0.462 e. The van der Waals surface area contributed by atoms with E-state index in [1.807, 2.05) is 0 Å². The second-order valence-electron chi connectivity index (χ2n) is 24.2. The lowest BCUT2D eigenvalue weighted by Gasteiger charge is -2.21. The highest BCUT2D eigenvalue weighted by Gasteiger charge is 2.30. The molecule has 0 spiro atoms. The van der Waals surface area contributed by atoms with Crippen molar-refractivity contribution in [2.45, 2.75) is 324 Å². The van der Waals surface area contributed by atoms with E-state index in [2.05, 4.69) is 48.5 Å². The highest BCUT2D eigenvalue weighted by Crippen LogP contribution is 2.45. The monoisotopic (exact) mass is 1210 g/mol. The molecule has 5 atom stereocenters. The Morgan fingerprint density at radius 2 is 0.561 bits per heavy atom. The number of carbonyl (C=O) groups excluding carboxylic acids is 4. The van der Waals surface area contributed by atoms with Gasteiger partial charge in [-0.2, -0.15) is 0 Å². The number of hydrogen-bond donors (Lipinski definition) is 3. The molecule has 486 valence electrons. The van der Waals surface area contributed by atoms with Crippen LogP contribution in [0.5, 0.6) is 0 Å². The summed E-state index contributed by atoms with van der Waals surface area (Å²) in [6, 6.07) is 0. The van der Waals surface area contributed by atoms with E-state index in [0.29, 0.717) is 31.6 Å². The van der Waals surface area contributed by atoms with Crippen LogP contribution in [0, 0.1) is 17.8 Å². The van der Waals surface area contributed by atoms with Gasteiger partial charge in [-0.25, -0.2) is 9.13 Å². The Labute approximate surface area is 498 Å². The summed E-state index contributed by atoms with van der Waals surface area (Å²) < 4.78 is 67.8. The van der Waals surface area contributed by atoms with Crippen molar-refractivity contribution in [3.05, 3.63) is 0 Å². The molecule has 0 radical (unpaired) electrons. The number of phosphoric acid groups is 2. The van der Waals surface area contributed by atoms with E-state index in [1.165, 1.54) is 109 Å². The van der Waals surface area contributed by atoms with Crippen LogP contribution in [0.2, 0.25) is 0 Å². The van der Waals surface area contributed by atoms with Crippen LogP contribution in [0.4, 0.5) is 0 Å². The van der Waals surface area contributed by atoms with Crippen LogP contribution in [-0.2, 0) is 65.4 Å². The van der Waals surface area contributed by atoms with Crippen LogP contribution in [0.1, 0.15) is 305 Å². The number of carbonyl (C=O) groups is 4. The largest absolute Gasteiger partial charge is 0.472 e. The zero-order valence-corrected chi connectivity index (χ0v) is 54.7. The molecule has 0 aliphatic carbocycles. The quantitative estimate of drug-likeness (QED) is 0.0222. The molecule has 0 heterocycles. The first-order valence-corrected chi connectivity index (χ1v) is 35.8. The number of hydrogen-bond acceptors (Lipinski definition) is 15. The molecule has 82 heavy (non-hydrogen) atoms. The third kappa shape index (κ3) is 57.2. The molecule has 0 aromatic heterocycles. The van der Waals surface area contributed by atoms with E-state index in [0.717, 1.165) is 108 Å². The second kappa shape index (κ2) is 54.5. The van der Waals surface area contributed by atoms with E-state index >= 15 is 0 Å². The summed E-state index contributed by atoms with van der Waals surface area (Å²) in [5.74, 6) is 0.0674. The SMILES string of the molecule is CCCCCCCC(=O)OC[C@H](COP(=O)(O)OC[C@H](O)COP(=O)(O)OC[C@@H](COC(=O)CCCCCCCCCCCC(C)C)OC(=O)CCCCCCCCCCCCCCC(C)C)OC(=O)CCCCCCCCCC(C)C. The number of aliphatic hydroxyl groups excluding tert-OH is 1. The summed E-state index contributed by atoms with van der Waals surface area (Å²) in [4.78, 5) is 71.9. The molecule has 0 rings (SSSR count). The van der Waals surface area contributed by atoms with Gasteiger partial charge in [-0.3, -0.25) is 37.3 Å². The molecular weight excluding hydrogens is 1090 g/mol. The Morgan fingerprint density at radius 1 is 0.329 bits per heavy atom. The number of aliphatic hydroxyl groups is 1. The van der Waals surface area contributed by atoms with Gasteiger partial charge in [0.05, 0.1) is 26.4 Å². The maximum absolute atomic E-state index is 13.0. The third-order valence-electron chi connectivity index (χ3n) is 14.4. The molecular formula is C63H122O17P2. The number of esters is 4. The zero-order valence-electron chi connectivity index (χ0n) is 52.9. The fourth-order valence-electron chi connectivity index (χ4n) is 9.30. The summed E-state index contributed by atoms with van der Waals surface area (Å²) in [5, 5.41) is 10.5. The van der Waals surface area contributed by atoms with Gasteiger partial charge < -0.3 is 33.8 Å². The van der Waals surface area contributed by atoms with Crippen molar-refractivity contribution < 1.29 is 80.2 Å². The van der Waals surface area contributed by atoms with Gasteiger partial charge in [0.2, 0.25) is 0 Å². The van der Waals surface area contributed by atoms with Crippen LogP contribution in [0.25, 0.3) is 0 Å². The fourth-order valence-corrected chi connectivity index (χ4v) is 10.9. The highest BCUT2D eigenvalue weighted by molar-refractivity contribution is 7.47. The molecule has 0 aliphatic rings. The molecule has 0 saturated heterocycles. The zero-order chi connectivity index (χ0) is 61.0. The lowest BCUT2D eigenvalue weighted by Crippen LogP contribution is -2.30. The topological polar surface area (TPSA) is 237 Å². The minimum absolute atomic E-state index is 0.102. The van der Waals surface area contributed by atoms with E-state index in [-0.39, 0.29) is 25.7 Å². The molecule has 0 aromatic rings. The van der Waals surface area contributed by atoms with E-state index in [9.17, 15) is 43.2 Å². The van der Waals surface area contributed by atoms with Crippen molar-refractivity contribution in [3.8, 4) is 0 Å². The van der Waals surface area contributed by atoms with Gasteiger partial charge in [-0.15, -0.1) is 0 Å². The first kappa shape index (κ1) is 80.1. The Bertz CT molecular complexity index is 1630. The Hall–Kier alpha value is -1.94. The maximum Gasteiger partial charge on any atom is 0.472 e. The molecule has 2 unspecified atom stereocenters. The van der Waals surface area contributed by atoms with Gasteiger partial charge in [-0.1, -0.05) is 254 Å². The standard InChI is InChI=1S/C63H122O17P2/c1-8-9-10-27-37-44-60(65)73-50-58(79-63(68)47-40-33-26-20-23-30-36-43-56(6)7)52-77-81(69,70)75-48-57(64)49-76-82(71,72)78-53-59(51-74-61(66)45-38-31-24-19-15-17-22-29-35-42-55(4)5)80-62(67)46-39-32-25-18-14-12-11-13-16-21-28-34-41-54(2)3/h54-59,64H,8-53H2,1-7H3,(H,69,70)(H,71,72)/t57-,58+,59+/m0/s1. The van der Waals surface area contributed by atoms with Crippen LogP contribution >= 0.6 is 15.6 Å². The fraction of sp³-hybridized carbons (Fsp3) is 0.937. The van der Waals surface area contributed by atoms with Crippen molar-refractivity contribution in [1.82, 2.24) is 0 Å². The molecule has 3 N–H and O–H groups in total. The van der Waals surface area contributed by atoms with Gasteiger partial charge in [0.1, 0.15) is 19.3 Å². The molecule has 17 nitrogen and oxygen atoms in total. The molecule has 0 aromatic carbocycles. The Morgan fingerprint density at radius 3 is 0.829 bits per heavy atom. The summed E-state index contributed by atoms with van der Waals surface area (Å²) in [5.41, 5.74) is 0. The molecule has 0 fully saturated rings. The first-order valence-electron chi connectivity index (χ1n) is 32.8. The van der Waals surface area contributed by atoms with Crippen LogP contribution < -0.4 is 0 Å². The van der Waals surface area contributed by atoms with Gasteiger partial charge in [-0.05, 0) is 43.4 Å². The van der Waals surface area contributed by atoms with Crippen LogP contribution in [0.3, 0.4) is 0 Å². The highest BCUT2D eigenvalue weighted by atomic mass is 31.2. The number of rotatable bonds is 61. The smallest absolute Gasteiger partial charge is 0.462 e. The van der Waals surface area contributed by atoms with Crippen molar-refractivity contribution >= 4 is 39.5 Å². The summed E-state index contributed by atoms with van der Waals surface area (Å²) in [7, 11) is -9.88. The van der Waals surface area contributed by atoms with Crippen molar-refractivity contribution in [1.29, 1.82) is 0 Å². The van der Waals surface area contributed by atoms with Crippen molar-refractivity contribution in [2.75, 3.05) is 39.6 Å². The molecule has 0 saturated carbocycles. The van der Waals surface area contributed by atoms with Gasteiger partial charge >= 0.3 is 39.5 Å². The number of phosphoric ester groups is 2. The third-order valence-corrected chi connectivity index (χ3v) is 16.3. The van der Waals surface area contributed by atoms with Crippen molar-refractivity contribution in [3.63, 3.8) is 0 Å². The van der Waals surface area contributed by atoms with E-state index in [1.54, 1.807) is 0 Å². The average Bonchev–Trinajstić information content (AvgIpc) is 3.42. The van der Waals surface area contributed by atoms with E-state index < -0.39 is 97.5 Å². The molecule has 0 bridgehead atoms. The lowest BCUT2D eigenvalue weighted by molar-refractivity contribution is -0.161. The van der Waals surface area contributed by atoms with Gasteiger partial charge in [0, 0.05) is 25.7 Å². The maximum atomic E-state index is 13.0. The molecule has 0 aliphatic heterocycles. The van der Waals surface area contributed by atoms with Gasteiger partial charge in [0.25, 0.3) is 0 Å². The van der Waals surface area contributed by atoms with Crippen LogP contribution in [-0.4, -0.2) is 96.7 Å². The average molecular weight is 1210 g/mol. The summed E-state index contributed by atoms with van der Waals surface area (Å²) in [6.07, 6.45) is 35.3. The normalized spacial score (nSPS) is 14.4. The number of unbranched alkanes of at least 4 members (excludes halogenated alkanes) is 29. The van der Waals surface area contributed by atoms with E-state index in [4.69, 9.17) is 37.0 Å². The second-order valence-corrected chi connectivity index (χ2v) is 27.1. The predicted molar refractivity (Wildman–Crippen MR) is 326 cm³/mol. The minimum atomic E-state index is -4.94. The van der Waals surface area contributed by atoms with Gasteiger partial charge in [0.15, 0.2) is 12.2 Å². The van der Waals surface area contributed by atoms with Crippen LogP contribution in [0.15, 0.2) is 0 Å². The summed E-state index contributed by atoms with van der Waals surface area (Å²) >= 11 is 0. The lowest BCUT2D eigenvalue weighted by atomic mass is 10.0. The first-order chi connectivity index (χ1) is 39.2. The number of ether oxygens (including phenoxy) is 4. The van der Waals surface area contributed by atoms with Crippen molar-refractivity contribution in [2.24, 2.45) is 17.8 Å². The molecule has 19 heteroatoms. The summed E-state index contributed by atoms with van der Waals surface area (Å²) in [6.45, 7) is 11.6. The Balaban J connectivity index is 5.18. The molecule has 0 amide bonds. The predicted octanol–water partition coefficient (Wildman–Crippen LogP) is 17.1.